The van der Waals surface area contributed by atoms with Gasteiger partial charge in [0.25, 0.3) is 0 Å². The molecular formula is C15H17BrClN3O3. The molecule has 0 aliphatic carbocycles. The summed E-state index contributed by atoms with van der Waals surface area (Å²) < 4.78 is 7.73. The molecule has 1 aromatic carbocycles. The normalized spacial score (nSPS) is 10.6. The van der Waals surface area contributed by atoms with E-state index in [2.05, 4.69) is 26.3 Å². The number of amides is 1. The molecule has 0 aliphatic rings. The van der Waals surface area contributed by atoms with Crippen molar-refractivity contribution < 1.29 is 14.6 Å². The number of nitrogens with zero attached hydrogens (tertiary/aromatic N) is 2. The van der Waals surface area contributed by atoms with Crippen molar-refractivity contribution in [2.45, 2.75) is 25.2 Å². The maximum Gasteiger partial charge on any atom is 0.404 e. The summed E-state index contributed by atoms with van der Waals surface area (Å²) in [6, 6.07) is 7.16. The van der Waals surface area contributed by atoms with Crippen LogP contribution in [0.15, 0.2) is 24.3 Å². The number of hydrogen-bond donors (Lipinski definition) is 2. The molecule has 0 fully saturated rings. The van der Waals surface area contributed by atoms with Gasteiger partial charge in [-0.2, -0.15) is 5.10 Å². The monoisotopic (exact) mass is 401 g/mol. The summed E-state index contributed by atoms with van der Waals surface area (Å²) in [5, 5.41) is 16.6. The summed E-state index contributed by atoms with van der Waals surface area (Å²) in [6.07, 6.45) is -0.349. The van der Waals surface area contributed by atoms with Gasteiger partial charge in [0, 0.05) is 16.9 Å². The molecule has 8 heteroatoms. The zero-order valence-corrected chi connectivity index (χ0v) is 14.9. The highest BCUT2D eigenvalue weighted by atomic mass is 79.9. The standard InChI is InChI=1S/C15H17BrClN3O3/c1-2-12-14(23-11-5-3-4-10(17)8-11)13(9-16)20(19-12)7-6-18-15(21)22/h3-5,8,18H,2,6-7,9H2,1H3,(H,21,22). The minimum atomic E-state index is -1.05. The molecule has 6 nitrogen and oxygen atoms in total. The molecule has 0 spiro atoms. The van der Waals surface area contributed by atoms with Gasteiger partial charge in [-0.3, -0.25) is 4.68 Å². The maximum atomic E-state index is 10.6. The number of alkyl halides is 1. The van der Waals surface area contributed by atoms with E-state index in [9.17, 15) is 4.79 Å². The number of carbonyl (C=O) groups is 1. The quantitative estimate of drug-likeness (QED) is 0.685. The van der Waals surface area contributed by atoms with Crippen molar-refractivity contribution in [3.63, 3.8) is 0 Å². The number of benzene rings is 1. The second-order valence-electron chi connectivity index (χ2n) is 4.72. The average Bonchev–Trinajstić information content (AvgIpc) is 2.83. The first-order valence-corrected chi connectivity index (χ1v) is 8.59. The van der Waals surface area contributed by atoms with Gasteiger partial charge in [0.15, 0.2) is 5.75 Å². The number of hydrogen-bond acceptors (Lipinski definition) is 3. The SMILES string of the molecule is CCc1nn(CCNC(=O)O)c(CBr)c1Oc1cccc(Cl)c1. The largest absolute Gasteiger partial charge is 0.465 e. The van der Waals surface area contributed by atoms with Gasteiger partial charge in [0.1, 0.15) is 11.4 Å². The summed E-state index contributed by atoms with van der Waals surface area (Å²) >= 11 is 9.43. The number of nitrogens with one attached hydrogen (secondary N) is 1. The lowest BCUT2D eigenvalue weighted by atomic mass is 10.2. The number of halogens is 2. The van der Waals surface area contributed by atoms with E-state index in [4.69, 9.17) is 21.4 Å². The van der Waals surface area contributed by atoms with Crippen LogP contribution in [0.25, 0.3) is 0 Å². The van der Waals surface area contributed by atoms with Crippen molar-refractivity contribution in [2.24, 2.45) is 0 Å². The predicted molar refractivity (Wildman–Crippen MR) is 91.8 cm³/mol. The second-order valence-corrected chi connectivity index (χ2v) is 5.72. The molecule has 1 heterocycles. The number of aromatic nitrogens is 2. The zero-order valence-electron chi connectivity index (χ0n) is 12.6. The molecule has 0 unspecified atom stereocenters. The van der Waals surface area contributed by atoms with Crippen molar-refractivity contribution in [2.75, 3.05) is 6.54 Å². The van der Waals surface area contributed by atoms with E-state index in [0.717, 1.165) is 11.4 Å². The maximum absolute atomic E-state index is 10.6. The third kappa shape index (κ3) is 4.62. The van der Waals surface area contributed by atoms with Crippen molar-refractivity contribution in [3.8, 4) is 11.5 Å². The molecule has 124 valence electrons. The molecule has 1 amide bonds. The molecule has 0 aliphatic heterocycles. The van der Waals surface area contributed by atoms with Gasteiger partial charge in [-0.25, -0.2) is 4.79 Å². The van der Waals surface area contributed by atoms with Crippen molar-refractivity contribution in [1.29, 1.82) is 0 Å². The lowest BCUT2D eigenvalue weighted by Crippen LogP contribution is -2.26. The van der Waals surface area contributed by atoms with Gasteiger partial charge < -0.3 is 15.2 Å². The second kappa shape index (κ2) is 8.21. The van der Waals surface area contributed by atoms with E-state index in [1.54, 1.807) is 16.8 Å². The van der Waals surface area contributed by atoms with Crippen molar-refractivity contribution in [3.05, 3.63) is 40.7 Å². The number of aryl methyl sites for hydroxylation is 1. The van der Waals surface area contributed by atoms with Crippen LogP contribution < -0.4 is 10.1 Å². The van der Waals surface area contributed by atoms with Gasteiger partial charge >= 0.3 is 6.09 Å². The van der Waals surface area contributed by atoms with Crippen LogP contribution >= 0.6 is 27.5 Å². The van der Waals surface area contributed by atoms with Gasteiger partial charge in [-0.05, 0) is 24.6 Å². The summed E-state index contributed by atoms with van der Waals surface area (Å²) in [6.45, 7) is 2.70. The molecule has 0 atom stereocenters. The Morgan fingerprint density at radius 1 is 1.52 bits per heavy atom. The van der Waals surface area contributed by atoms with Crippen LogP contribution in [0, 0.1) is 0 Å². The third-order valence-corrected chi connectivity index (χ3v) is 3.92. The summed E-state index contributed by atoms with van der Waals surface area (Å²) in [7, 11) is 0. The first kappa shape index (κ1) is 17.6. The molecular weight excluding hydrogens is 386 g/mol. The van der Waals surface area contributed by atoms with Crippen molar-refractivity contribution >= 4 is 33.6 Å². The Kier molecular flexibility index (Phi) is 6.29. The van der Waals surface area contributed by atoms with Crippen LogP contribution in [-0.4, -0.2) is 27.5 Å². The molecule has 2 N–H and O–H groups in total. The lowest BCUT2D eigenvalue weighted by Gasteiger charge is -2.09. The fourth-order valence-electron chi connectivity index (χ4n) is 2.12. The topological polar surface area (TPSA) is 76.4 Å². The van der Waals surface area contributed by atoms with E-state index >= 15 is 0 Å². The fourth-order valence-corrected chi connectivity index (χ4v) is 2.84. The molecule has 1 aromatic heterocycles. The Balaban J connectivity index is 2.26. The van der Waals surface area contributed by atoms with Crippen LogP contribution in [0.4, 0.5) is 4.79 Å². The Hall–Kier alpha value is -1.73. The zero-order chi connectivity index (χ0) is 16.8. The molecule has 23 heavy (non-hydrogen) atoms. The third-order valence-electron chi connectivity index (χ3n) is 3.15. The highest BCUT2D eigenvalue weighted by Gasteiger charge is 2.18. The first-order chi connectivity index (χ1) is 11.0. The first-order valence-electron chi connectivity index (χ1n) is 7.09. The molecule has 2 rings (SSSR count). The summed E-state index contributed by atoms with van der Waals surface area (Å²) in [5.74, 6) is 1.32. The predicted octanol–water partition coefficient (Wildman–Crippen LogP) is 4.05. The minimum Gasteiger partial charge on any atom is -0.465 e. The van der Waals surface area contributed by atoms with Gasteiger partial charge in [-0.15, -0.1) is 0 Å². The van der Waals surface area contributed by atoms with E-state index in [1.165, 1.54) is 0 Å². The van der Waals surface area contributed by atoms with E-state index < -0.39 is 6.09 Å². The van der Waals surface area contributed by atoms with Gasteiger partial charge in [-0.1, -0.05) is 40.5 Å². The minimum absolute atomic E-state index is 0.275. The average molecular weight is 403 g/mol. The Morgan fingerprint density at radius 3 is 2.91 bits per heavy atom. The van der Waals surface area contributed by atoms with E-state index in [0.29, 0.717) is 34.8 Å². The highest BCUT2D eigenvalue weighted by molar-refractivity contribution is 9.08. The molecule has 2 aromatic rings. The number of ether oxygens (including phenoxy) is 1. The van der Waals surface area contributed by atoms with Gasteiger partial charge in [0.2, 0.25) is 0 Å². The molecule has 0 bridgehead atoms. The molecule has 0 radical (unpaired) electrons. The fraction of sp³-hybridized carbons (Fsp3) is 0.333. The van der Waals surface area contributed by atoms with Crippen LogP contribution in [0.3, 0.4) is 0 Å². The van der Waals surface area contributed by atoms with Crippen LogP contribution in [0.5, 0.6) is 11.5 Å². The summed E-state index contributed by atoms with van der Waals surface area (Å²) in [4.78, 5) is 10.6. The number of carboxylic acid groups (broad SMARTS) is 1. The lowest BCUT2D eigenvalue weighted by molar-refractivity contribution is 0.194. The smallest absolute Gasteiger partial charge is 0.404 e. The summed E-state index contributed by atoms with van der Waals surface area (Å²) in [5.41, 5.74) is 1.67. The molecule has 0 saturated carbocycles. The van der Waals surface area contributed by atoms with E-state index in [-0.39, 0.29) is 6.54 Å². The molecule has 0 saturated heterocycles. The Bertz CT molecular complexity index is 691. The van der Waals surface area contributed by atoms with Crippen LogP contribution in [0.1, 0.15) is 18.3 Å². The van der Waals surface area contributed by atoms with E-state index in [1.807, 2.05) is 19.1 Å². The van der Waals surface area contributed by atoms with Crippen LogP contribution in [-0.2, 0) is 18.3 Å². The van der Waals surface area contributed by atoms with Crippen molar-refractivity contribution in [1.82, 2.24) is 15.1 Å². The van der Waals surface area contributed by atoms with Crippen LogP contribution in [0.2, 0.25) is 5.02 Å². The highest BCUT2D eigenvalue weighted by Crippen LogP contribution is 2.32. The van der Waals surface area contributed by atoms with Gasteiger partial charge in [0.05, 0.1) is 12.2 Å². The Morgan fingerprint density at radius 2 is 2.30 bits per heavy atom. The Labute approximate surface area is 147 Å². The number of rotatable bonds is 7.